The SMILES string of the molecule is COc1nc2c(OCc3c(Cl)ccc(N(C)C(=O)CNC(=O)C=Cc4ccc(C(=O)Nc5ccncc5)nc4)c3Cl)cccc2n1C. The molecule has 12 nitrogen and oxygen atoms in total. The molecule has 0 saturated carbocycles. The van der Waals surface area contributed by atoms with Crippen molar-refractivity contribution in [3.63, 3.8) is 0 Å². The number of fused-ring (bicyclic) bond motifs is 1. The first-order valence-corrected chi connectivity index (χ1v) is 14.9. The van der Waals surface area contributed by atoms with Crippen molar-refractivity contribution in [1.82, 2.24) is 24.8 Å². The van der Waals surface area contributed by atoms with Crippen LogP contribution in [0.15, 0.2) is 79.3 Å². The second-order valence-electron chi connectivity index (χ2n) is 10.1. The van der Waals surface area contributed by atoms with E-state index < -0.39 is 11.8 Å². The molecule has 0 bridgehead atoms. The lowest BCUT2D eigenvalue weighted by molar-refractivity contribution is -0.122. The van der Waals surface area contributed by atoms with Crippen LogP contribution in [0.3, 0.4) is 0 Å². The third-order valence-corrected chi connectivity index (χ3v) is 7.86. The number of rotatable bonds is 11. The largest absolute Gasteiger partial charge is 0.486 e. The second-order valence-corrected chi connectivity index (χ2v) is 10.9. The third kappa shape index (κ3) is 7.68. The van der Waals surface area contributed by atoms with Crippen molar-refractivity contribution in [3.05, 3.63) is 106 Å². The van der Waals surface area contributed by atoms with Crippen molar-refractivity contribution in [3.8, 4) is 11.8 Å². The van der Waals surface area contributed by atoms with Gasteiger partial charge in [0.25, 0.3) is 11.9 Å². The molecule has 3 heterocycles. The monoisotopic (exact) mass is 673 g/mol. The molecular formula is C33H29Cl2N7O5. The molecule has 47 heavy (non-hydrogen) atoms. The topological polar surface area (TPSA) is 141 Å². The maximum Gasteiger partial charge on any atom is 0.296 e. The molecule has 0 spiro atoms. The van der Waals surface area contributed by atoms with Gasteiger partial charge in [0.15, 0.2) is 0 Å². The number of hydrogen-bond acceptors (Lipinski definition) is 8. The lowest BCUT2D eigenvalue weighted by Crippen LogP contribution is -2.37. The van der Waals surface area contributed by atoms with Crippen molar-refractivity contribution in [2.24, 2.45) is 7.05 Å². The summed E-state index contributed by atoms with van der Waals surface area (Å²) in [6, 6.07) is 15.7. The van der Waals surface area contributed by atoms with E-state index >= 15 is 0 Å². The summed E-state index contributed by atoms with van der Waals surface area (Å²) in [5, 5.41) is 5.88. The molecule has 0 atom stereocenters. The molecular weight excluding hydrogens is 645 g/mol. The van der Waals surface area contributed by atoms with Gasteiger partial charge < -0.3 is 25.0 Å². The van der Waals surface area contributed by atoms with Crippen LogP contribution in [0.4, 0.5) is 11.4 Å². The summed E-state index contributed by atoms with van der Waals surface area (Å²) in [4.78, 5) is 51.7. The van der Waals surface area contributed by atoms with Crippen LogP contribution in [-0.2, 0) is 23.2 Å². The Balaban J connectivity index is 1.17. The van der Waals surface area contributed by atoms with Crippen molar-refractivity contribution in [2.75, 3.05) is 30.9 Å². The smallest absolute Gasteiger partial charge is 0.296 e. The van der Waals surface area contributed by atoms with Gasteiger partial charge in [-0.15, -0.1) is 0 Å². The van der Waals surface area contributed by atoms with Crippen molar-refractivity contribution >= 4 is 69.4 Å². The number of pyridine rings is 2. The van der Waals surface area contributed by atoms with Gasteiger partial charge >= 0.3 is 0 Å². The van der Waals surface area contributed by atoms with Crippen LogP contribution in [-0.4, -0.2) is 57.9 Å². The molecule has 0 saturated heterocycles. The zero-order chi connectivity index (χ0) is 33.5. The summed E-state index contributed by atoms with van der Waals surface area (Å²) in [6.45, 7) is -0.279. The van der Waals surface area contributed by atoms with Crippen LogP contribution < -0.4 is 25.0 Å². The fourth-order valence-electron chi connectivity index (χ4n) is 4.51. The predicted molar refractivity (Wildman–Crippen MR) is 180 cm³/mol. The quantitative estimate of drug-likeness (QED) is 0.180. The van der Waals surface area contributed by atoms with E-state index in [-0.39, 0.29) is 29.8 Å². The van der Waals surface area contributed by atoms with Gasteiger partial charge in [0.05, 0.1) is 29.9 Å². The maximum atomic E-state index is 13.0. The number of anilines is 2. The Morgan fingerprint density at radius 1 is 1.04 bits per heavy atom. The van der Waals surface area contributed by atoms with Crippen LogP contribution in [0, 0.1) is 0 Å². The van der Waals surface area contributed by atoms with Crippen molar-refractivity contribution in [2.45, 2.75) is 6.61 Å². The van der Waals surface area contributed by atoms with Gasteiger partial charge in [-0.2, -0.15) is 4.98 Å². The molecule has 0 aliphatic carbocycles. The summed E-state index contributed by atoms with van der Waals surface area (Å²) in [5.74, 6) is -0.782. The minimum Gasteiger partial charge on any atom is -0.486 e. The Labute approximate surface area is 279 Å². The van der Waals surface area contributed by atoms with E-state index in [1.807, 2.05) is 19.2 Å². The van der Waals surface area contributed by atoms with Gasteiger partial charge in [-0.25, -0.2) is 0 Å². The molecule has 0 aliphatic heterocycles. The van der Waals surface area contributed by atoms with Gasteiger partial charge in [0, 0.05) is 55.0 Å². The zero-order valence-corrected chi connectivity index (χ0v) is 27.0. The first-order chi connectivity index (χ1) is 22.7. The molecule has 0 unspecified atom stereocenters. The van der Waals surface area contributed by atoms with E-state index in [1.54, 1.807) is 67.5 Å². The zero-order valence-electron chi connectivity index (χ0n) is 25.5. The lowest BCUT2D eigenvalue weighted by atomic mass is 10.2. The number of aromatic nitrogens is 4. The first-order valence-electron chi connectivity index (χ1n) is 14.1. The molecule has 3 amide bonds. The second kappa shape index (κ2) is 14.8. The molecule has 3 aromatic heterocycles. The molecule has 240 valence electrons. The number of likely N-dealkylation sites (N-methyl/N-ethyl adjacent to an activating group) is 1. The van der Waals surface area contributed by atoms with Gasteiger partial charge in [-0.3, -0.25) is 28.9 Å². The fourth-order valence-corrected chi connectivity index (χ4v) is 5.11. The number of benzene rings is 2. The molecule has 5 aromatic rings. The Morgan fingerprint density at radius 3 is 2.55 bits per heavy atom. The number of imidazole rings is 1. The molecule has 2 aromatic carbocycles. The summed E-state index contributed by atoms with van der Waals surface area (Å²) < 4.78 is 13.2. The van der Waals surface area contributed by atoms with E-state index in [2.05, 4.69) is 25.6 Å². The Morgan fingerprint density at radius 2 is 1.83 bits per heavy atom. The number of carbonyl (C=O) groups excluding carboxylic acids is 3. The number of amides is 3. The highest BCUT2D eigenvalue weighted by Crippen LogP contribution is 2.35. The number of methoxy groups -OCH3 is 1. The number of nitrogens with zero attached hydrogens (tertiary/aromatic N) is 5. The van der Waals surface area contributed by atoms with Crippen LogP contribution in [0.1, 0.15) is 21.6 Å². The highest BCUT2D eigenvalue weighted by atomic mass is 35.5. The first kappa shape index (κ1) is 32.9. The standard InChI is InChI=1S/C33H29Cl2N7O5/c1-41(25-11-9-23(34)22(30(25)35)19-47-27-6-4-5-26-31(27)40-33(46-3)42(26)2)29(44)18-38-28(43)12-8-20-7-10-24(37-17-20)32(45)39-21-13-15-36-16-14-21/h4-17H,18-19H2,1-3H3,(H,38,43)(H,36,39,45). The predicted octanol–water partition coefficient (Wildman–Crippen LogP) is 5.30. The van der Waals surface area contributed by atoms with E-state index in [0.29, 0.717) is 44.8 Å². The Kier molecular flexibility index (Phi) is 10.3. The summed E-state index contributed by atoms with van der Waals surface area (Å²) in [6.07, 6.45) is 7.38. The molecule has 0 radical (unpaired) electrons. The molecule has 0 fully saturated rings. The van der Waals surface area contributed by atoms with E-state index in [0.717, 1.165) is 5.52 Å². The van der Waals surface area contributed by atoms with Crippen LogP contribution >= 0.6 is 23.2 Å². The van der Waals surface area contributed by atoms with Crippen LogP contribution in [0.25, 0.3) is 17.1 Å². The van der Waals surface area contributed by atoms with Gasteiger partial charge in [-0.1, -0.05) is 35.3 Å². The minimum atomic E-state index is -0.497. The number of halogens is 2. The Hall–Kier alpha value is -5.46. The average molecular weight is 675 g/mol. The Bertz CT molecular complexity index is 1960. The average Bonchev–Trinajstić information content (AvgIpc) is 3.42. The van der Waals surface area contributed by atoms with Gasteiger partial charge in [-0.05, 0) is 54.1 Å². The highest BCUT2D eigenvalue weighted by molar-refractivity contribution is 6.38. The number of aryl methyl sites for hydroxylation is 1. The number of nitrogens with one attached hydrogen (secondary N) is 2. The van der Waals surface area contributed by atoms with Crippen LogP contribution in [0.2, 0.25) is 10.0 Å². The number of para-hydroxylation sites is 1. The highest BCUT2D eigenvalue weighted by Gasteiger charge is 2.20. The molecule has 2 N–H and O–H groups in total. The molecule has 14 heteroatoms. The molecule has 0 aliphatic rings. The summed E-state index contributed by atoms with van der Waals surface area (Å²) >= 11 is 13.2. The summed E-state index contributed by atoms with van der Waals surface area (Å²) in [7, 11) is 4.93. The number of ether oxygens (including phenoxy) is 2. The summed E-state index contributed by atoms with van der Waals surface area (Å²) in [5.41, 5.74) is 3.70. The van der Waals surface area contributed by atoms with Crippen LogP contribution in [0.5, 0.6) is 11.8 Å². The third-order valence-electron chi connectivity index (χ3n) is 7.09. The number of carbonyl (C=O) groups is 3. The van der Waals surface area contributed by atoms with Crippen molar-refractivity contribution < 1.29 is 23.9 Å². The van der Waals surface area contributed by atoms with E-state index in [9.17, 15) is 14.4 Å². The normalized spacial score (nSPS) is 11.0. The maximum absolute atomic E-state index is 13.0. The fraction of sp³-hybridized carbons (Fsp3) is 0.152. The van der Waals surface area contributed by atoms with Gasteiger partial charge in [0.1, 0.15) is 23.6 Å². The van der Waals surface area contributed by atoms with E-state index in [1.165, 1.54) is 29.3 Å². The van der Waals surface area contributed by atoms with Crippen molar-refractivity contribution in [1.29, 1.82) is 0 Å². The van der Waals surface area contributed by atoms with Gasteiger partial charge in [0.2, 0.25) is 11.8 Å². The van der Waals surface area contributed by atoms with E-state index in [4.69, 9.17) is 32.7 Å². The number of hydrogen-bond donors (Lipinski definition) is 2. The lowest BCUT2D eigenvalue weighted by Gasteiger charge is -2.21. The molecule has 5 rings (SSSR count). The minimum absolute atomic E-state index is 0.0122.